The van der Waals surface area contributed by atoms with E-state index in [1.807, 2.05) is 6.07 Å². The monoisotopic (exact) mass is 602 g/mol. The highest BCUT2D eigenvalue weighted by atomic mass is 16.5. The van der Waals surface area contributed by atoms with Gasteiger partial charge in [-0.1, -0.05) is 30.3 Å². The van der Waals surface area contributed by atoms with Crippen LogP contribution >= 0.6 is 0 Å². The first-order chi connectivity index (χ1) is 20.9. The Morgan fingerprint density at radius 1 is 0.636 bits per heavy atom. The van der Waals surface area contributed by atoms with E-state index in [9.17, 15) is 29.7 Å². The van der Waals surface area contributed by atoms with Gasteiger partial charge in [0.1, 0.15) is 52.0 Å². The van der Waals surface area contributed by atoms with Crippen molar-refractivity contribution in [2.45, 2.75) is 27.4 Å². The SMILES string of the molecule is COc1cc(O)c(C(=O)Oc2cc(C)c(C(=O)Oc3cc(C)c(C(=O)OCc4ccccc4)c(O)c3)c(O)c2)c(C)c1OC. The summed E-state index contributed by atoms with van der Waals surface area (Å²) in [6.07, 6.45) is 0. The van der Waals surface area contributed by atoms with E-state index in [2.05, 4.69) is 0 Å². The van der Waals surface area contributed by atoms with E-state index >= 15 is 0 Å². The third-order valence-corrected chi connectivity index (χ3v) is 6.71. The fourth-order valence-electron chi connectivity index (χ4n) is 4.65. The summed E-state index contributed by atoms with van der Waals surface area (Å²) in [5.41, 5.74) is 1.06. The average molecular weight is 603 g/mol. The van der Waals surface area contributed by atoms with Crippen molar-refractivity contribution < 1.29 is 53.4 Å². The standard InChI is InChI=1S/C33H30O11/c1-17-11-21(13-23(34)27(17)31(37)42-16-20-9-7-6-8-10-20)43-32(38)28-18(2)12-22(14-24(28)35)44-33(39)29-19(3)30(41-5)26(40-4)15-25(29)36/h6-15,34-36H,16H2,1-5H3. The number of hydrogen-bond acceptors (Lipinski definition) is 11. The Morgan fingerprint density at radius 2 is 1.14 bits per heavy atom. The largest absolute Gasteiger partial charge is 0.507 e. The van der Waals surface area contributed by atoms with E-state index in [-0.39, 0.29) is 57.4 Å². The number of aryl methyl sites for hydroxylation is 2. The minimum atomic E-state index is -0.968. The molecule has 0 fully saturated rings. The Kier molecular flexibility index (Phi) is 9.28. The molecule has 11 nitrogen and oxygen atoms in total. The van der Waals surface area contributed by atoms with Crippen LogP contribution in [-0.4, -0.2) is 47.4 Å². The number of carbonyl (C=O) groups is 3. The molecule has 0 amide bonds. The third kappa shape index (κ3) is 6.51. The van der Waals surface area contributed by atoms with Gasteiger partial charge in [0.05, 0.1) is 14.2 Å². The number of rotatable bonds is 9. The summed E-state index contributed by atoms with van der Waals surface area (Å²) >= 11 is 0. The summed E-state index contributed by atoms with van der Waals surface area (Å²) in [6.45, 7) is 4.58. The molecule has 4 rings (SSSR count). The maximum absolute atomic E-state index is 13.0. The number of carbonyl (C=O) groups excluding carboxylic acids is 3. The van der Waals surface area contributed by atoms with Gasteiger partial charge >= 0.3 is 17.9 Å². The molecule has 0 saturated carbocycles. The van der Waals surface area contributed by atoms with Gasteiger partial charge in [0.25, 0.3) is 0 Å². The van der Waals surface area contributed by atoms with Crippen LogP contribution in [0.2, 0.25) is 0 Å². The molecule has 228 valence electrons. The minimum Gasteiger partial charge on any atom is -0.507 e. The van der Waals surface area contributed by atoms with Crippen LogP contribution in [0.3, 0.4) is 0 Å². The van der Waals surface area contributed by atoms with Crippen molar-refractivity contribution in [2.75, 3.05) is 14.2 Å². The zero-order valence-corrected chi connectivity index (χ0v) is 24.6. The van der Waals surface area contributed by atoms with Gasteiger partial charge in [0.15, 0.2) is 11.5 Å². The number of esters is 3. The molecular weight excluding hydrogens is 572 g/mol. The molecule has 0 aliphatic carbocycles. The van der Waals surface area contributed by atoms with Crippen molar-refractivity contribution in [3.8, 4) is 40.2 Å². The summed E-state index contributed by atoms with van der Waals surface area (Å²) in [5, 5.41) is 31.6. The lowest BCUT2D eigenvalue weighted by atomic mass is 10.0. The van der Waals surface area contributed by atoms with Crippen molar-refractivity contribution in [3.05, 3.63) is 99.6 Å². The molecule has 0 atom stereocenters. The Bertz CT molecular complexity index is 1700. The first kappa shape index (κ1) is 31.2. The van der Waals surface area contributed by atoms with E-state index < -0.39 is 35.2 Å². The van der Waals surface area contributed by atoms with E-state index in [1.54, 1.807) is 38.1 Å². The van der Waals surface area contributed by atoms with Crippen molar-refractivity contribution in [1.29, 1.82) is 0 Å². The van der Waals surface area contributed by atoms with E-state index in [4.69, 9.17) is 23.7 Å². The number of hydrogen-bond donors (Lipinski definition) is 3. The van der Waals surface area contributed by atoms with Gasteiger partial charge < -0.3 is 39.0 Å². The Morgan fingerprint density at radius 3 is 1.64 bits per heavy atom. The second-order valence-electron chi connectivity index (χ2n) is 9.74. The fraction of sp³-hybridized carbons (Fsp3) is 0.182. The van der Waals surface area contributed by atoms with Crippen molar-refractivity contribution >= 4 is 17.9 Å². The second kappa shape index (κ2) is 13.1. The van der Waals surface area contributed by atoms with Crippen molar-refractivity contribution in [2.24, 2.45) is 0 Å². The number of ether oxygens (including phenoxy) is 5. The zero-order valence-electron chi connectivity index (χ0n) is 24.6. The van der Waals surface area contributed by atoms with Gasteiger partial charge in [0, 0.05) is 23.8 Å². The smallest absolute Gasteiger partial charge is 0.347 e. The molecule has 0 saturated heterocycles. The van der Waals surface area contributed by atoms with Crippen LogP contribution in [0.1, 0.15) is 53.3 Å². The number of methoxy groups -OCH3 is 2. The number of aromatic hydroxyl groups is 3. The molecule has 0 aliphatic rings. The number of benzene rings is 4. The molecule has 0 radical (unpaired) electrons. The summed E-state index contributed by atoms with van der Waals surface area (Å²) < 4.78 is 26.5. The van der Waals surface area contributed by atoms with Crippen LogP contribution in [-0.2, 0) is 11.3 Å². The maximum atomic E-state index is 13.0. The summed E-state index contributed by atoms with van der Waals surface area (Å²) in [5.74, 6) is -3.81. The summed E-state index contributed by atoms with van der Waals surface area (Å²) in [7, 11) is 2.77. The molecule has 0 unspecified atom stereocenters. The van der Waals surface area contributed by atoms with Crippen LogP contribution in [0.15, 0.2) is 60.7 Å². The fourth-order valence-corrected chi connectivity index (χ4v) is 4.65. The molecule has 44 heavy (non-hydrogen) atoms. The van der Waals surface area contributed by atoms with Gasteiger partial charge in [-0.3, -0.25) is 0 Å². The lowest BCUT2D eigenvalue weighted by Gasteiger charge is -2.16. The second-order valence-corrected chi connectivity index (χ2v) is 9.74. The predicted molar refractivity (Wildman–Crippen MR) is 157 cm³/mol. The van der Waals surface area contributed by atoms with Crippen LogP contribution < -0.4 is 18.9 Å². The van der Waals surface area contributed by atoms with Crippen molar-refractivity contribution in [3.63, 3.8) is 0 Å². The van der Waals surface area contributed by atoms with Crippen molar-refractivity contribution in [1.82, 2.24) is 0 Å². The first-order valence-electron chi connectivity index (χ1n) is 13.2. The highest BCUT2D eigenvalue weighted by Gasteiger charge is 2.26. The molecule has 0 aromatic heterocycles. The first-order valence-corrected chi connectivity index (χ1v) is 13.2. The van der Waals surface area contributed by atoms with E-state index in [0.717, 1.165) is 17.7 Å². The zero-order chi connectivity index (χ0) is 32.1. The predicted octanol–water partition coefficient (Wildman–Crippen LogP) is 5.54. The Balaban J connectivity index is 1.50. The quantitative estimate of drug-likeness (QED) is 0.163. The molecule has 4 aromatic carbocycles. The molecule has 0 spiro atoms. The van der Waals surface area contributed by atoms with Crippen LogP contribution in [0, 0.1) is 20.8 Å². The minimum absolute atomic E-state index is 0.00814. The molecule has 4 aromatic rings. The highest BCUT2D eigenvalue weighted by molar-refractivity contribution is 5.99. The molecule has 0 heterocycles. The molecule has 0 bridgehead atoms. The van der Waals surface area contributed by atoms with Crippen LogP contribution in [0.25, 0.3) is 0 Å². The Hall–Kier alpha value is -5.71. The van der Waals surface area contributed by atoms with Gasteiger partial charge in [-0.15, -0.1) is 0 Å². The Labute approximate surface area is 252 Å². The lowest BCUT2D eigenvalue weighted by Crippen LogP contribution is -2.14. The van der Waals surface area contributed by atoms with Gasteiger partial charge in [0.2, 0.25) is 0 Å². The highest BCUT2D eigenvalue weighted by Crippen LogP contribution is 2.39. The van der Waals surface area contributed by atoms with E-state index in [1.165, 1.54) is 39.3 Å². The molecular formula is C33H30O11. The van der Waals surface area contributed by atoms with Gasteiger partial charge in [-0.25, -0.2) is 14.4 Å². The van der Waals surface area contributed by atoms with Gasteiger partial charge in [-0.05, 0) is 49.6 Å². The lowest BCUT2D eigenvalue weighted by molar-refractivity contribution is 0.0468. The molecule has 3 N–H and O–H groups in total. The third-order valence-electron chi connectivity index (χ3n) is 6.71. The van der Waals surface area contributed by atoms with Gasteiger partial charge in [-0.2, -0.15) is 0 Å². The van der Waals surface area contributed by atoms with E-state index in [0.29, 0.717) is 5.56 Å². The topological polar surface area (TPSA) is 158 Å². The maximum Gasteiger partial charge on any atom is 0.347 e. The average Bonchev–Trinajstić information content (AvgIpc) is 2.95. The normalized spacial score (nSPS) is 10.6. The number of phenols is 3. The van der Waals surface area contributed by atoms with Crippen LogP contribution in [0.4, 0.5) is 0 Å². The number of phenolic OH excluding ortho intramolecular Hbond substituents is 3. The summed E-state index contributed by atoms with van der Waals surface area (Å²) in [4.78, 5) is 38.6. The van der Waals surface area contributed by atoms with Crippen LogP contribution in [0.5, 0.6) is 40.2 Å². The summed E-state index contributed by atoms with van der Waals surface area (Å²) in [6, 6.07) is 15.1. The molecule has 0 aliphatic heterocycles. The molecule has 11 heteroatoms.